The Balaban J connectivity index is 1.56. The van der Waals surface area contributed by atoms with Crippen LogP contribution in [0.4, 0.5) is 5.69 Å². The summed E-state index contributed by atoms with van der Waals surface area (Å²) in [5.74, 6) is -0.0399. The molecular formula is C18H25N3O3. The van der Waals surface area contributed by atoms with Crippen molar-refractivity contribution in [1.82, 2.24) is 10.2 Å². The van der Waals surface area contributed by atoms with Gasteiger partial charge in [-0.15, -0.1) is 0 Å². The predicted molar refractivity (Wildman–Crippen MR) is 92.0 cm³/mol. The van der Waals surface area contributed by atoms with E-state index in [2.05, 4.69) is 10.2 Å². The Hall–Kier alpha value is -1.92. The van der Waals surface area contributed by atoms with Crippen LogP contribution in [-0.4, -0.2) is 62.1 Å². The Morgan fingerprint density at radius 3 is 2.67 bits per heavy atom. The van der Waals surface area contributed by atoms with Gasteiger partial charge in [0.05, 0.1) is 13.2 Å². The molecule has 2 aliphatic heterocycles. The van der Waals surface area contributed by atoms with Crippen LogP contribution in [-0.2, 0) is 14.3 Å². The number of morpholine rings is 1. The van der Waals surface area contributed by atoms with Gasteiger partial charge in [-0.2, -0.15) is 0 Å². The van der Waals surface area contributed by atoms with Crippen molar-refractivity contribution in [3.8, 4) is 0 Å². The van der Waals surface area contributed by atoms with Crippen LogP contribution in [0.25, 0.3) is 0 Å². The van der Waals surface area contributed by atoms with Gasteiger partial charge in [0.1, 0.15) is 6.04 Å². The van der Waals surface area contributed by atoms with Gasteiger partial charge in [0.15, 0.2) is 0 Å². The van der Waals surface area contributed by atoms with Crippen molar-refractivity contribution in [3.05, 3.63) is 29.8 Å². The van der Waals surface area contributed by atoms with Gasteiger partial charge < -0.3 is 10.1 Å². The van der Waals surface area contributed by atoms with Gasteiger partial charge in [-0.3, -0.25) is 19.4 Å². The van der Waals surface area contributed by atoms with Crippen molar-refractivity contribution in [2.24, 2.45) is 0 Å². The summed E-state index contributed by atoms with van der Waals surface area (Å²) in [6, 6.07) is 7.35. The lowest BCUT2D eigenvalue weighted by Gasteiger charge is -2.27. The number of benzene rings is 1. The average molecular weight is 331 g/mol. The SMILES string of the molecule is Cc1ccc(N2C(=O)CCC2C(=O)NCCN2CCOCC2)cc1. The molecule has 6 heteroatoms. The van der Waals surface area contributed by atoms with Crippen molar-refractivity contribution >= 4 is 17.5 Å². The molecule has 3 rings (SSSR count). The molecule has 2 amide bonds. The molecule has 0 bridgehead atoms. The fraction of sp³-hybridized carbons (Fsp3) is 0.556. The lowest BCUT2D eigenvalue weighted by atomic mass is 10.1. The number of ether oxygens (including phenoxy) is 1. The van der Waals surface area contributed by atoms with Crippen molar-refractivity contribution in [2.45, 2.75) is 25.8 Å². The highest BCUT2D eigenvalue weighted by atomic mass is 16.5. The van der Waals surface area contributed by atoms with Crippen LogP contribution in [0, 0.1) is 6.92 Å². The molecular weight excluding hydrogens is 306 g/mol. The number of carbonyl (C=O) groups excluding carboxylic acids is 2. The van der Waals surface area contributed by atoms with Gasteiger partial charge in [0, 0.05) is 38.3 Å². The topological polar surface area (TPSA) is 61.9 Å². The first kappa shape index (κ1) is 16.9. The molecule has 0 aromatic heterocycles. The molecule has 1 aromatic rings. The zero-order chi connectivity index (χ0) is 16.9. The average Bonchev–Trinajstić information content (AvgIpc) is 2.98. The first-order valence-corrected chi connectivity index (χ1v) is 8.62. The summed E-state index contributed by atoms with van der Waals surface area (Å²) >= 11 is 0. The second-order valence-electron chi connectivity index (χ2n) is 6.40. The number of carbonyl (C=O) groups is 2. The number of anilines is 1. The Morgan fingerprint density at radius 2 is 1.96 bits per heavy atom. The molecule has 2 saturated heterocycles. The highest BCUT2D eigenvalue weighted by molar-refractivity contribution is 6.03. The molecule has 24 heavy (non-hydrogen) atoms. The maximum atomic E-state index is 12.5. The van der Waals surface area contributed by atoms with E-state index in [4.69, 9.17) is 4.74 Å². The molecule has 2 fully saturated rings. The lowest BCUT2D eigenvalue weighted by Crippen LogP contribution is -2.47. The summed E-state index contributed by atoms with van der Waals surface area (Å²) in [6.07, 6.45) is 1.01. The van der Waals surface area contributed by atoms with E-state index >= 15 is 0 Å². The number of amides is 2. The van der Waals surface area contributed by atoms with Gasteiger partial charge in [0.2, 0.25) is 11.8 Å². The largest absolute Gasteiger partial charge is 0.379 e. The first-order chi connectivity index (χ1) is 11.6. The number of hydrogen-bond donors (Lipinski definition) is 1. The number of nitrogens with one attached hydrogen (secondary N) is 1. The van der Waals surface area contributed by atoms with Crippen LogP contribution in [0.2, 0.25) is 0 Å². The molecule has 1 N–H and O–H groups in total. The number of aryl methyl sites for hydroxylation is 1. The second kappa shape index (κ2) is 7.77. The monoisotopic (exact) mass is 331 g/mol. The quantitative estimate of drug-likeness (QED) is 0.872. The van der Waals surface area contributed by atoms with Gasteiger partial charge in [-0.25, -0.2) is 0 Å². The van der Waals surface area contributed by atoms with Crippen molar-refractivity contribution < 1.29 is 14.3 Å². The third-order valence-corrected chi connectivity index (χ3v) is 4.66. The van der Waals surface area contributed by atoms with E-state index in [1.165, 1.54) is 0 Å². The molecule has 2 aliphatic rings. The lowest BCUT2D eigenvalue weighted by molar-refractivity contribution is -0.124. The minimum absolute atomic E-state index is 0.0205. The van der Waals surface area contributed by atoms with Gasteiger partial charge >= 0.3 is 0 Å². The molecule has 6 nitrogen and oxygen atoms in total. The van der Waals surface area contributed by atoms with Crippen LogP contribution >= 0.6 is 0 Å². The second-order valence-corrected chi connectivity index (χ2v) is 6.40. The molecule has 1 aromatic carbocycles. The predicted octanol–water partition coefficient (Wildman–Crippen LogP) is 0.939. The maximum Gasteiger partial charge on any atom is 0.243 e. The standard InChI is InChI=1S/C18H25N3O3/c1-14-2-4-15(5-3-14)21-16(6-7-17(21)22)18(23)19-8-9-20-10-12-24-13-11-20/h2-5,16H,6-13H2,1H3,(H,19,23). The third kappa shape index (κ3) is 3.94. The molecule has 2 heterocycles. The number of nitrogens with zero attached hydrogens (tertiary/aromatic N) is 2. The van der Waals surface area contributed by atoms with E-state index in [0.29, 0.717) is 19.4 Å². The van der Waals surface area contributed by atoms with Crippen molar-refractivity contribution in [1.29, 1.82) is 0 Å². The molecule has 1 unspecified atom stereocenters. The summed E-state index contributed by atoms with van der Waals surface area (Å²) in [6.45, 7) is 6.76. The van der Waals surface area contributed by atoms with Crippen molar-refractivity contribution in [3.63, 3.8) is 0 Å². The fourth-order valence-electron chi connectivity index (χ4n) is 3.24. The smallest absolute Gasteiger partial charge is 0.243 e. The Kier molecular flexibility index (Phi) is 5.48. The van der Waals surface area contributed by atoms with Gasteiger partial charge in [-0.1, -0.05) is 17.7 Å². The number of rotatable bonds is 5. The van der Waals surface area contributed by atoms with E-state index < -0.39 is 6.04 Å². The summed E-state index contributed by atoms with van der Waals surface area (Å²) < 4.78 is 5.32. The van der Waals surface area contributed by atoms with Crippen LogP contribution in [0.1, 0.15) is 18.4 Å². The minimum Gasteiger partial charge on any atom is -0.379 e. The van der Waals surface area contributed by atoms with Crippen LogP contribution < -0.4 is 10.2 Å². The zero-order valence-corrected chi connectivity index (χ0v) is 14.2. The van der Waals surface area contributed by atoms with Gasteiger partial charge in [-0.05, 0) is 25.5 Å². The van der Waals surface area contributed by atoms with Gasteiger partial charge in [0.25, 0.3) is 0 Å². The summed E-state index contributed by atoms with van der Waals surface area (Å²) in [5.41, 5.74) is 1.94. The van der Waals surface area contributed by atoms with Crippen molar-refractivity contribution in [2.75, 3.05) is 44.3 Å². The normalized spacial score (nSPS) is 22.0. The Morgan fingerprint density at radius 1 is 1.25 bits per heavy atom. The fourth-order valence-corrected chi connectivity index (χ4v) is 3.24. The molecule has 130 valence electrons. The molecule has 0 radical (unpaired) electrons. The van der Waals surface area contributed by atoms with Crippen LogP contribution in [0.15, 0.2) is 24.3 Å². The highest BCUT2D eigenvalue weighted by Crippen LogP contribution is 2.27. The van der Waals surface area contributed by atoms with E-state index in [1.807, 2.05) is 31.2 Å². The third-order valence-electron chi connectivity index (χ3n) is 4.66. The van der Waals surface area contributed by atoms with Crippen LogP contribution in [0.3, 0.4) is 0 Å². The Bertz CT molecular complexity index is 582. The summed E-state index contributed by atoms with van der Waals surface area (Å²) in [5, 5.41) is 2.99. The minimum atomic E-state index is -0.398. The van der Waals surface area contributed by atoms with E-state index in [1.54, 1.807) is 4.90 Å². The first-order valence-electron chi connectivity index (χ1n) is 8.62. The molecule has 0 saturated carbocycles. The van der Waals surface area contributed by atoms with Crippen LogP contribution in [0.5, 0.6) is 0 Å². The summed E-state index contributed by atoms with van der Waals surface area (Å²) in [4.78, 5) is 28.7. The molecule has 1 atom stereocenters. The number of hydrogen-bond acceptors (Lipinski definition) is 4. The summed E-state index contributed by atoms with van der Waals surface area (Å²) in [7, 11) is 0. The van der Waals surface area contributed by atoms with E-state index in [-0.39, 0.29) is 11.8 Å². The maximum absolute atomic E-state index is 12.5. The van der Waals surface area contributed by atoms with E-state index in [9.17, 15) is 9.59 Å². The molecule has 0 aliphatic carbocycles. The Labute approximate surface area is 142 Å². The zero-order valence-electron chi connectivity index (χ0n) is 14.2. The van der Waals surface area contributed by atoms with E-state index in [0.717, 1.165) is 44.1 Å². The molecule has 0 spiro atoms. The highest BCUT2D eigenvalue weighted by Gasteiger charge is 2.36.